The van der Waals surface area contributed by atoms with Gasteiger partial charge in [0.2, 0.25) is 0 Å². The largest absolute Gasteiger partial charge is 0.462 e. The van der Waals surface area contributed by atoms with E-state index in [0.717, 1.165) is 5.56 Å². The first-order valence-corrected chi connectivity index (χ1v) is 9.33. The van der Waals surface area contributed by atoms with Gasteiger partial charge in [-0.3, -0.25) is 9.36 Å². The average Bonchev–Trinajstić information content (AvgIpc) is 3.10. The molecule has 0 unspecified atom stereocenters. The minimum absolute atomic E-state index is 0.234. The highest BCUT2D eigenvalue weighted by atomic mass is 32.1. The van der Waals surface area contributed by atoms with E-state index in [9.17, 15) is 14.4 Å². The fourth-order valence-electron chi connectivity index (χ4n) is 2.60. The Hall–Kier alpha value is -3.00. The zero-order valence-electron chi connectivity index (χ0n) is 14.9. The summed E-state index contributed by atoms with van der Waals surface area (Å²) < 4.78 is 11.4. The standard InChI is InChI=1S/C19H18N2O5S/c1-3-25-18(23)13-7-5-12(6-8-13)9-21-11-20-16-15(17(21)22)14(10-27-16)19(24)26-4-2/h5-8,10-11H,3-4,9H2,1-2H3. The number of carbonyl (C=O) groups excluding carboxylic acids is 2. The van der Waals surface area contributed by atoms with Gasteiger partial charge < -0.3 is 9.47 Å². The van der Waals surface area contributed by atoms with Crippen molar-refractivity contribution in [1.82, 2.24) is 9.55 Å². The van der Waals surface area contributed by atoms with Crippen LogP contribution in [0.25, 0.3) is 10.2 Å². The van der Waals surface area contributed by atoms with Gasteiger partial charge in [0, 0.05) is 5.38 Å². The van der Waals surface area contributed by atoms with E-state index in [2.05, 4.69) is 4.98 Å². The minimum Gasteiger partial charge on any atom is -0.462 e. The van der Waals surface area contributed by atoms with Crippen LogP contribution in [0.1, 0.15) is 40.1 Å². The third-order valence-electron chi connectivity index (χ3n) is 3.87. The topological polar surface area (TPSA) is 87.5 Å². The molecule has 0 N–H and O–H groups in total. The summed E-state index contributed by atoms with van der Waals surface area (Å²) in [5.41, 5.74) is 1.20. The molecule has 0 saturated heterocycles. The van der Waals surface area contributed by atoms with E-state index in [-0.39, 0.29) is 35.6 Å². The Morgan fingerprint density at radius 2 is 1.74 bits per heavy atom. The predicted molar refractivity (Wildman–Crippen MR) is 101 cm³/mol. The number of thiophene rings is 1. The van der Waals surface area contributed by atoms with Gasteiger partial charge in [-0.05, 0) is 31.5 Å². The van der Waals surface area contributed by atoms with Crippen molar-refractivity contribution in [2.24, 2.45) is 0 Å². The van der Waals surface area contributed by atoms with Crippen LogP contribution < -0.4 is 5.56 Å². The minimum atomic E-state index is -0.529. The lowest BCUT2D eigenvalue weighted by Crippen LogP contribution is -2.22. The lowest BCUT2D eigenvalue weighted by Gasteiger charge is -2.07. The van der Waals surface area contributed by atoms with E-state index in [1.807, 2.05) is 0 Å². The highest BCUT2D eigenvalue weighted by Crippen LogP contribution is 2.21. The predicted octanol–water partition coefficient (Wildman–Crippen LogP) is 2.86. The third-order valence-corrected chi connectivity index (χ3v) is 4.76. The summed E-state index contributed by atoms with van der Waals surface area (Å²) >= 11 is 1.23. The maximum Gasteiger partial charge on any atom is 0.339 e. The van der Waals surface area contributed by atoms with Crippen molar-refractivity contribution in [3.05, 3.63) is 63.0 Å². The van der Waals surface area contributed by atoms with Crippen molar-refractivity contribution in [3.63, 3.8) is 0 Å². The SMILES string of the molecule is CCOC(=O)c1ccc(Cn2cnc3scc(C(=O)OCC)c3c2=O)cc1. The van der Waals surface area contributed by atoms with Gasteiger partial charge in [0.05, 0.1) is 42.6 Å². The quantitative estimate of drug-likeness (QED) is 0.606. The van der Waals surface area contributed by atoms with E-state index in [1.165, 1.54) is 22.2 Å². The molecule has 2 heterocycles. The Morgan fingerprint density at radius 3 is 2.41 bits per heavy atom. The van der Waals surface area contributed by atoms with E-state index < -0.39 is 5.97 Å². The van der Waals surface area contributed by atoms with Crippen molar-refractivity contribution >= 4 is 33.5 Å². The van der Waals surface area contributed by atoms with Crippen molar-refractivity contribution in [2.45, 2.75) is 20.4 Å². The third kappa shape index (κ3) is 3.90. The number of fused-ring (bicyclic) bond motifs is 1. The summed E-state index contributed by atoms with van der Waals surface area (Å²) in [7, 11) is 0. The van der Waals surface area contributed by atoms with Crippen LogP contribution in [-0.4, -0.2) is 34.7 Å². The van der Waals surface area contributed by atoms with Gasteiger partial charge in [0.25, 0.3) is 5.56 Å². The number of benzene rings is 1. The molecule has 0 radical (unpaired) electrons. The molecule has 1 aromatic carbocycles. The molecule has 0 aliphatic carbocycles. The fraction of sp³-hybridized carbons (Fsp3) is 0.263. The highest BCUT2D eigenvalue weighted by molar-refractivity contribution is 7.17. The molecule has 3 aromatic rings. The van der Waals surface area contributed by atoms with Gasteiger partial charge in [0.15, 0.2) is 0 Å². The van der Waals surface area contributed by atoms with Crippen molar-refractivity contribution in [3.8, 4) is 0 Å². The summed E-state index contributed by atoms with van der Waals surface area (Å²) in [5, 5.41) is 1.86. The van der Waals surface area contributed by atoms with Crippen LogP contribution in [0.5, 0.6) is 0 Å². The van der Waals surface area contributed by atoms with Gasteiger partial charge in [-0.15, -0.1) is 11.3 Å². The van der Waals surface area contributed by atoms with E-state index in [1.54, 1.807) is 43.5 Å². The number of hydrogen-bond donors (Lipinski definition) is 0. The molecule has 27 heavy (non-hydrogen) atoms. The van der Waals surface area contributed by atoms with Crippen LogP contribution in [0.15, 0.2) is 40.8 Å². The summed E-state index contributed by atoms with van der Waals surface area (Å²) in [6, 6.07) is 6.81. The molecule has 0 bridgehead atoms. The maximum atomic E-state index is 12.8. The number of carbonyl (C=O) groups is 2. The lowest BCUT2D eigenvalue weighted by atomic mass is 10.1. The van der Waals surface area contributed by atoms with E-state index in [0.29, 0.717) is 17.0 Å². The second-order valence-corrected chi connectivity index (χ2v) is 6.50. The first-order valence-electron chi connectivity index (χ1n) is 8.45. The summed E-state index contributed by atoms with van der Waals surface area (Å²) in [4.78, 5) is 41.4. The number of nitrogens with zero attached hydrogens (tertiary/aromatic N) is 2. The molecule has 0 atom stereocenters. The van der Waals surface area contributed by atoms with E-state index >= 15 is 0 Å². The molecule has 0 aliphatic heterocycles. The molecular weight excluding hydrogens is 368 g/mol. The normalized spacial score (nSPS) is 10.7. The van der Waals surface area contributed by atoms with Gasteiger partial charge in [-0.25, -0.2) is 14.6 Å². The van der Waals surface area contributed by atoms with Crippen LogP contribution in [0.2, 0.25) is 0 Å². The number of esters is 2. The molecular formula is C19H18N2O5S. The summed E-state index contributed by atoms with van der Waals surface area (Å²) in [5.74, 6) is -0.916. The zero-order chi connectivity index (χ0) is 19.4. The second kappa shape index (κ2) is 8.13. The second-order valence-electron chi connectivity index (χ2n) is 5.65. The summed E-state index contributed by atoms with van der Waals surface area (Å²) in [6.45, 7) is 4.27. The number of aromatic nitrogens is 2. The molecule has 0 spiro atoms. The Labute approximate surface area is 159 Å². The molecule has 7 nitrogen and oxygen atoms in total. The maximum absolute atomic E-state index is 12.8. The van der Waals surface area contributed by atoms with E-state index in [4.69, 9.17) is 9.47 Å². The highest BCUT2D eigenvalue weighted by Gasteiger charge is 2.18. The smallest absolute Gasteiger partial charge is 0.339 e. The summed E-state index contributed by atoms with van der Waals surface area (Å²) in [6.07, 6.45) is 1.45. The fourth-order valence-corrected chi connectivity index (χ4v) is 3.46. The van der Waals surface area contributed by atoms with Crippen molar-refractivity contribution < 1.29 is 19.1 Å². The number of ether oxygens (including phenoxy) is 2. The first kappa shape index (κ1) is 18.8. The average molecular weight is 386 g/mol. The molecule has 3 rings (SSSR count). The Balaban J connectivity index is 1.90. The first-order chi connectivity index (χ1) is 13.0. The Morgan fingerprint density at radius 1 is 1.07 bits per heavy atom. The Bertz CT molecular complexity index is 1040. The monoisotopic (exact) mass is 386 g/mol. The van der Waals surface area contributed by atoms with Crippen LogP contribution in [0.3, 0.4) is 0 Å². The van der Waals surface area contributed by atoms with Gasteiger partial charge in [-0.1, -0.05) is 12.1 Å². The van der Waals surface area contributed by atoms with Gasteiger partial charge in [0.1, 0.15) is 4.83 Å². The van der Waals surface area contributed by atoms with Crippen molar-refractivity contribution in [2.75, 3.05) is 13.2 Å². The van der Waals surface area contributed by atoms with Crippen LogP contribution in [0.4, 0.5) is 0 Å². The molecule has 0 aliphatic rings. The molecule has 2 aromatic heterocycles. The molecule has 140 valence electrons. The van der Waals surface area contributed by atoms with Gasteiger partial charge >= 0.3 is 11.9 Å². The van der Waals surface area contributed by atoms with Crippen LogP contribution >= 0.6 is 11.3 Å². The number of hydrogen-bond acceptors (Lipinski definition) is 7. The van der Waals surface area contributed by atoms with Crippen LogP contribution in [0, 0.1) is 0 Å². The molecule has 8 heteroatoms. The van der Waals surface area contributed by atoms with Gasteiger partial charge in [-0.2, -0.15) is 0 Å². The number of rotatable bonds is 6. The molecule has 0 saturated carbocycles. The van der Waals surface area contributed by atoms with Crippen molar-refractivity contribution in [1.29, 1.82) is 0 Å². The van der Waals surface area contributed by atoms with Crippen LogP contribution in [-0.2, 0) is 16.0 Å². The zero-order valence-corrected chi connectivity index (χ0v) is 15.7. The molecule has 0 amide bonds. The Kier molecular flexibility index (Phi) is 5.66. The lowest BCUT2D eigenvalue weighted by molar-refractivity contribution is 0.0518. The molecule has 0 fully saturated rings.